The summed E-state index contributed by atoms with van der Waals surface area (Å²) >= 11 is 1.47. The van der Waals surface area contributed by atoms with Gasteiger partial charge in [0.25, 0.3) is 8.53 Å². The Labute approximate surface area is 330 Å². The van der Waals surface area contributed by atoms with Crippen LogP contribution in [0.4, 0.5) is 13.2 Å². The second-order valence-corrected chi connectivity index (χ2v) is 15.8. The number of halogens is 4. The summed E-state index contributed by atoms with van der Waals surface area (Å²) in [6.07, 6.45) is -2.31. The molecule has 13 heteroatoms. The molecule has 0 spiro atoms. The second kappa shape index (κ2) is 19.0. The molecule has 1 saturated heterocycles. The number of nitrogens with zero attached hydrogens (tertiary/aromatic N) is 2. The van der Waals surface area contributed by atoms with Crippen LogP contribution in [-0.4, -0.2) is 56.4 Å². The Morgan fingerprint density at radius 1 is 0.870 bits per heavy atom. The maximum absolute atomic E-state index is 15.7. The Morgan fingerprint density at radius 2 is 1.43 bits per heavy atom. The number of hydrogen-bond donors (Lipinski definition) is 0. The van der Waals surface area contributed by atoms with Crippen LogP contribution >= 0.6 is 31.1 Å². The van der Waals surface area contributed by atoms with Crippen molar-refractivity contribution in [2.24, 2.45) is 0 Å². The van der Waals surface area contributed by atoms with Crippen molar-refractivity contribution in [3.63, 3.8) is 0 Å². The molecule has 1 aliphatic rings. The fourth-order valence-electron chi connectivity index (χ4n) is 6.69. The molecule has 0 aromatic heterocycles. The normalized spacial score (nSPS) is 18.0. The molecule has 0 aliphatic carbocycles. The molecule has 4 aromatic carbocycles. The van der Waals surface area contributed by atoms with Gasteiger partial charge in [-0.2, -0.15) is 5.26 Å². The van der Waals surface area contributed by atoms with Crippen molar-refractivity contribution in [3.05, 3.63) is 128 Å². The summed E-state index contributed by atoms with van der Waals surface area (Å²) in [6, 6.07) is 27.9. The Bertz CT molecular complexity index is 1810. The van der Waals surface area contributed by atoms with Gasteiger partial charge >= 0.3 is 0 Å². The molecule has 5 rings (SSSR count). The van der Waals surface area contributed by atoms with Crippen LogP contribution in [0.25, 0.3) is 0 Å². The summed E-state index contributed by atoms with van der Waals surface area (Å²) in [4.78, 5) is 0. The molecule has 0 N–H and O–H groups in total. The van der Waals surface area contributed by atoms with E-state index in [0.29, 0.717) is 11.5 Å². The molecular weight excluding hydrogens is 831 g/mol. The first-order valence-corrected chi connectivity index (χ1v) is 19.9. The zero-order valence-electron chi connectivity index (χ0n) is 31.1. The van der Waals surface area contributed by atoms with Crippen LogP contribution in [0.15, 0.2) is 84.9 Å². The minimum Gasteiger partial charge on any atom is -0.497 e. The van der Waals surface area contributed by atoms with E-state index in [1.165, 1.54) is 22.6 Å². The molecule has 0 saturated carbocycles. The molecule has 4 atom stereocenters. The Kier molecular flexibility index (Phi) is 14.8. The summed E-state index contributed by atoms with van der Waals surface area (Å²) in [5.74, 6) is -1.99. The summed E-state index contributed by atoms with van der Waals surface area (Å²) < 4.78 is 84.2. The van der Waals surface area contributed by atoms with Gasteiger partial charge in [-0.25, -0.2) is 17.8 Å². The van der Waals surface area contributed by atoms with Crippen molar-refractivity contribution in [2.75, 3.05) is 27.4 Å². The lowest BCUT2D eigenvalue weighted by Gasteiger charge is -2.39. The van der Waals surface area contributed by atoms with Crippen LogP contribution in [0.5, 0.6) is 11.5 Å². The highest BCUT2D eigenvalue weighted by atomic mass is 127. The van der Waals surface area contributed by atoms with E-state index in [4.69, 9.17) is 28.0 Å². The summed E-state index contributed by atoms with van der Waals surface area (Å²) in [5, 5.41) is 9.28. The van der Waals surface area contributed by atoms with Gasteiger partial charge in [-0.05, 0) is 97.3 Å². The molecule has 0 amide bonds. The Balaban J connectivity index is 1.61. The maximum atomic E-state index is 15.7. The molecule has 1 aliphatic heterocycles. The van der Waals surface area contributed by atoms with E-state index < -0.39 is 53.5 Å². The number of benzene rings is 4. The lowest BCUT2D eigenvalue weighted by molar-refractivity contribution is -0.0810. The highest BCUT2D eigenvalue weighted by Gasteiger charge is 2.45. The van der Waals surface area contributed by atoms with Gasteiger partial charge in [0.05, 0.1) is 55.7 Å². The van der Waals surface area contributed by atoms with Crippen molar-refractivity contribution in [2.45, 2.75) is 76.5 Å². The van der Waals surface area contributed by atoms with Crippen LogP contribution in [0.1, 0.15) is 68.9 Å². The quantitative estimate of drug-likeness (QED) is 0.0259. The van der Waals surface area contributed by atoms with E-state index in [1.54, 1.807) is 14.2 Å². The largest absolute Gasteiger partial charge is 0.497 e. The highest BCUT2D eigenvalue weighted by Crippen LogP contribution is 2.51. The fourth-order valence-corrected chi connectivity index (χ4v) is 9.02. The monoisotopic (exact) mass is 876 g/mol. The molecule has 54 heavy (non-hydrogen) atoms. The third kappa shape index (κ3) is 9.22. The van der Waals surface area contributed by atoms with E-state index in [1.807, 2.05) is 107 Å². The first-order valence-electron chi connectivity index (χ1n) is 17.7. The predicted octanol–water partition coefficient (Wildman–Crippen LogP) is 10.2. The minimum atomic E-state index is -1.76. The number of ether oxygens (including phenoxy) is 4. The average molecular weight is 877 g/mol. The summed E-state index contributed by atoms with van der Waals surface area (Å²) in [6.45, 7) is 8.17. The lowest BCUT2D eigenvalue weighted by atomic mass is 9.80. The first-order chi connectivity index (χ1) is 25.9. The van der Waals surface area contributed by atoms with Gasteiger partial charge in [0, 0.05) is 24.1 Å². The van der Waals surface area contributed by atoms with E-state index in [2.05, 4.69) is 10.7 Å². The standard InChI is InChI=1S/C41H45F3IN2O6P/c1-26(2)47(27(3)4)54(51-22-10-21-46)53-36-24-35(33-23-34(42)39(44)40(45)38(33)43)52-37(36)25-50-41(28-11-8-7-9-12-28,29-13-17-31(48-5)18-14-29)30-15-19-32(49-6)20-16-30/h7-9,11-20,23,26-27,35-37H,10,22,24-25H2,1-6H3/t35-,36+,37-,54?/m1/s1. The topological polar surface area (TPSA) is 82.4 Å². The molecule has 1 fully saturated rings. The van der Waals surface area contributed by atoms with Crippen LogP contribution in [0.3, 0.4) is 0 Å². The maximum Gasteiger partial charge on any atom is 0.259 e. The van der Waals surface area contributed by atoms with E-state index in [9.17, 15) is 14.0 Å². The minimum absolute atomic E-state index is 0.00658. The van der Waals surface area contributed by atoms with E-state index in [-0.39, 0.29) is 43.7 Å². The molecule has 4 aromatic rings. The number of methoxy groups -OCH3 is 2. The average Bonchev–Trinajstić information content (AvgIpc) is 3.58. The number of nitriles is 1. The third-order valence-corrected chi connectivity index (χ3v) is 12.3. The zero-order chi connectivity index (χ0) is 39.0. The van der Waals surface area contributed by atoms with Gasteiger partial charge in [0.1, 0.15) is 29.0 Å². The zero-order valence-corrected chi connectivity index (χ0v) is 34.2. The van der Waals surface area contributed by atoms with Crippen molar-refractivity contribution >= 4 is 31.1 Å². The van der Waals surface area contributed by atoms with Crippen molar-refractivity contribution in [3.8, 4) is 17.6 Å². The molecule has 0 radical (unpaired) electrons. The second-order valence-electron chi connectivity index (χ2n) is 13.3. The smallest absolute Gasteiger partial charge is 0.259 e. The van der Waals surface area contributed by atoms with Crippen LogP contribution in [0.2, 0.25) is 0 Å². The lowest BCUT2D eigenvalue weighted by Crippen LogP contribution is -2.39. The van der Waals surface area contributed by atoms with E-state index >= 15 is 4.39 Å². The molecule has 0 bridgehead atoms. The molecule has 8 nitrogen and oxygen atoms in total. The Hall–Kier alpha value is -3.28. The third-order valence-electron chi connectivity index (χ3n) is 9.20. The SMILES string of the molecule is COc1ccc(C(OC[C@H]2O[C@@H](c3cc(F)c(F)c(I)c3F)C[C@@H]2OP(OCCC#N)N(C(C)C)C(C)C)(c2ccccc2)c2ccc(OC)cc2)cc1. The number of rotatable bonds is 17. The highest BCUT2D eigenvalue weighted by molar-refractivity contribution is 14.1. The van der Waals surface area contributed by atoms with Gasteiger partial charge in [-0.15, -0.1) is 0 Å². The van der Waals surface area contributed by atoms with Gasteiger partial charge in [0.15, 0.2) is 11.6 Å². The Morgan fingerprint density at radius 3 is 1.94 bits per heavy atom. The molecule has 1 heterocycles. The van der Waals surface area contributed by atoms with Crippen molar-refractivity contribution < 1.29 is 41.2 Å². The summed E-state index contributed by atoms with van der Waals surface area (Å²) in [5.41, 5.74) is 1.08. The van der Waals surface area contributed by atoms with Crippen molar-refractivity contribution in [1.29, 1.82) is 5.26 Å². The van der Waals surface area contributed by atoms with Crippen LogP contribution in [0, 0.1) is 32.4 Å². The predicted molar refractivity (Wildman–Crippen MR) is 210 cm³/mol. The first kappa shape index (κ1) is 41.9. The van der Waals surface area contributed by atoms with Gasteiger partial charge < -0.3 is 28.0 Å². The van der Waals surface area contributed by atoms with Gasteiger partial charge in [-0.1, -0.05) is 54.6 Å². The molecule has 288 valence electrons. The van der Waals surface area contributed by atoms with Crippen LogP contribution < -0.4 is 9.47 Å². The van der Waals surface area contributed by atoms with E-state index in [0.717, 1.165) is 22.8 Å². The van der Waals surface area contributed by atoms with Gasteiger partial charge in [0.2, 0.25) is 0 Å². The van der Waals surface area contributed by atoms with Crippen molar-refractivity contribution in [1.82, 2.24) is 4.67 Å². The summed E-state index contributed by atoms with van der Waals surface area (Å²) in [7, 11) is 1.44. The van der Waals surface area contributed by atoms with Crippen LogP contribution in [-0.2, 0) is 24.1 Å². The van der Waals surface area contributed by atoms with Gasteiger partial charge in [-0.3, -0.25) is 0 Å². The molecule has 1 unspecified atom stereocenters. The number of hydrogen-bond acceptors (Lipinski definition) is 8. The fraction of sp³-hybridized carbons (Fsp3) is 0.390. The molecular formula is C41H45F3IN2O6P.